The fraction of sp³-hybridized carbons (Fsp3) is 0.150. The molecular formula is C20H17NO. The zero-order valence-corrected chi connectivity index (χ0v) is 12.5. The summed E-state index contributed by atoms with van der Waals surface area (Å²) in [6.45, 7) is 0. The predicted octanol–water partition coefficient (Wildman–Crippen LogP) is 4.51. The summed E-state index contributed by atoms with van der Waals surface area (Å²) in [6, 6.07) is 22.9. The van der Waals surface area contributed by atoms with Crippen molar-refractivity contribution >= 4 is 10.8 Å². The smallest absolute Gasteiger partial charge is 0.119 e. The third kappa shape index (κ3) is 2.80. The van der Waals surface area contributed by atoms with Gasteiger partial charge in [0.25, 0.3) is 0 Å². The highest BCUT2D eigenvalue weighted by atomic mass is 16.5. The van der Waals surface area contributed by atoms with Crippen molar-refractivity contribution in [1.82, 2.24) is 0 Å². The Morgan fingerprint density at radius 2 is 1.77 bits per heavy atom. The minimum atomic E-state index is 0.409. The standard InChI is InChI=1S/C20H17NO/c1-22-18-10-9-16-7-8-17(13-15-5-3-2-4-6-15)19(11-12-21)20(16)14-18/h2-10,14H,11,13H2,1H3. The molecule has 0 spiro atoms. The first-order valence-corrected chi connectivity index (χ1v) is 7.31. The Morgan fingerprint density at radius 1 is 1.00 bits per heavy atom. The van der Waals surface area contributed by atoms with Crippen molar-refractivity contribution in [1.29, 1.82) is 5.26 Å². The number of hydrogen-bond acceptors (Lipinski definition) is 2. The summed E-state index contributed by atoms with van der Waals surface area (Å²) in [6.07, 6.45) is 1.25. The lowest BCUT2D eigenvalue weighted by Crippen LogP contribution is -1.97. The molecule has 0 saturated carbocycles. The number of nitrogens with zero attached hydrogens (tertiary/aromatic N) is 1. The first-order valence-electron chi connectivity index (χ1n) is 7.31. The Kier molecular flexibility index (Phi) is 4.07. The van der Waals surface area contributed by atoms with Gasteiger partial charge in [0.2, 0.25) is 0 Å². The lowest BCUT2D eigenvalue weighted by atomic mass is 9.93. The van der Waals surface area contributed by atoms with Crippen LogP contribution in [0.25, 0.3) is 10.8 Å². The summed E-state index contributed by atoms with van der Waals surface area (Å²) in [4.78, 5) is 0. The highest BCUT2D eigenvalue weighted by molar-refractivity contribution is 5.88. The monoisotopic (exact) mass is 287 g/mol. The van der Waals surface area contributed by atoms with Gasteiger partial charge in [-0.3, -0.25) is 0 Å². The molecule has 0 atom stereocenters. The van der Waals surface area contributed by atoms with Crippen LogP contribution in [0.15, 0.2) is 60.7 Å². The average Bonchev–Trinajstić information content (AvgIpc) is 2.57. The molecule has 22 heavy (non-hydrogen) atoms. The Hall–Kier alpha value is -2.79. The summed E-state index contributed by atoms with van der Waals surface area (Å²) < 4.78 is 5.33. The van der Waals surface area contributed by atoms with E-state index in [1.165, 1.54) is 11.1 Å². The topological polar surface area (TPSA) is 33.0 Å². The minimum Gasteiger partial charge on any atom is -0.497 e. The van der Waals surface area contributed by atoms with E-state index < -0.39 is 0 Å². The maximum absolute atomic E-state index is 9.21. The Bertz CT molecular complexity index is 831. The minimum absolute atomic E-state index is 0.409. The summed E-state index contributed by atoms with van der Waals surface area (Å²) in [5.41, 5.74) is 3.56. The van der Waals surface area contributed by atoms with Gasteiger partial charge in [-0.05, 0) is 46.0 Å². The molecule has 0 bridgehead atoms. The third-order valence-electron chi connectivity index (χ3n) is 3.93. The van der Waals surface area contributed by atoms with Gasteiger partial charge in [0.15, 0.2) is 0 Å². The molecular weight excluding hydrogens is 270 g/mol. The maximum atomic E-state index is 9.21. The van der Waals surface area contributed by atoms with Crippen LogP contribution in [0.5, 0.6) is 5.75 Å². The highest BCUT2D eigenvalue weighted by Crippen LogP contribution is 2.28. The second-order valence-electron chi connectivity index (χ2n) is 5.29. The molecule has 0 aromatic heterocycles. The number of nitriles is 1. The third-order valence-corrected chi connectivity index (χ3v) is 3.93. The van der Waals surface area contributed by atoms with Crippen molar-refractivity contribution in [3.05, 3.63) is 77.4 Å². The van der Waals surface area contributed by atoms with Crippen molar-refractivity contribution in [2.24, 2.45) is 0 Å². The zero-order valence-electron chi connectivity index (χ0n) is 12.5. The summed E-state index contributed by atoms with van der Waals surface area (Å²) in [7, 11) is 1.67. The van der Waals surface area contributed by atoms with E-state index in [1.807, 2.05) is 36.4 Å². The highest BCUT2D eigenvalue weighted by Gasteiger charge is 2.09. The normalized spacial score (nSPS) is 10.4. The lowest BCUT2D eigenvalue weighted by Gasteiger charge is -2.12. The zero-order chi connectivity index (χ0) is 15.4. The molecule has 0 fully saturated rings. The Labute approximate surface area is 130 Å². The van der Waals surface area contributed by atoms with Gasteiger partial charge in [0.05, 0.1) is 19.6 Å². The van der Waals surface area contributed by atoms with E-state index in [1.54, 1.807) is 7.11 Å². The van der Waals surface area contributed by atoms with Crippen LogP contribution in [0, 0.1) is 11.3 Å². The van der Waals surface area contributed by atoms with Crippen molar-refractivity contribution in [3.8, 4) is 11.8 Å². The number of hydrogen-bond donors (Lipinski definition) is 0. The van der Waals surface area contributed by atoms with Crippen molar-refractivity contribution in [3.63, 3.8) is 0 Å². The maximum Gasteiger partial charge on any atom is 0.119 e. The number of benzene rings is 3. The van der Waals surface area contributed by atoms with Gasteiger partial charge in [0.1, 0.15) is 5.75 Å². The molecule has 3 aromatic carbocycles. The fourth-order valence-electron chi connectivity index (χ4n) is 2.80. The number of rotatable bonds is 4. The average molecular weight is 287 g/mol. The van der Waals surface area contributed by atoms with Crippen molar-refractivity contribution in [2.75, 3.05) is 7.11 Å². The van der Waals surface area contributed by atoms with E-state index in [0.717, 1.165) is 28.5 Å². The van der Waals surface area contributed by atoms with E-state index in [0.29, 0.717) is 6.42 Å². The summed E-state index contributed by atoms with van der Waals surface area (Å²) in [5, 5.41) is 11.5. The number of methoxy groups -OCH3 is 1. The molecule has 0 radical (unpaired) electrons. The van der Waals surface area contributed by atoms with Gasteiger partial charge in [-0.2, -0.15) is 5.26 Å². The molecule has 0 aliphatic heterocycles. The lowest BCUT2D eigenvalue weighted by molar-refractivity contribution is 0.415. The van der Waals surface area contributed by atoms with Crippen LogP contribution < -0.4 is 4.74 Å². The summed E-state index contributed by atoms with van der Waals surface area (Å²) >= 11 is 0. The molecule has 0 saturated heterocycles. The molecule has 0 N–H and O–H groups in total. The molecule has 0 amide bonds. The predicted molar refractivity (Wildman–Crippen MR) is 89.1 cm³/mol. The molecule has 108 valence electrons. The SMILES string of the molecule is COc1ccc2ccc(Cc3ccccc3)c(CC#N)c2c1. The van der Waals surface area contributed by atoms with E-state index in [9.17, 15) is 5.26 Å². The largest absolute Gasteiger partial charge is 0.497 e. The van der Waals surface area contributed by atoms with Crippen LogP contribution in [-0.4, -0.2) is 7.11 Å². The molecule has 0 aliphatic rings. The molecule has 2 nitrogen and oxygen atoms in total. The molecule has 0 aliphatic carbocycles. The van der Waals surface area contributed by atoms with Gasteiger partial charge >= 0.3 is 0 Å². The number of fused-ring (bicyclic) bond motifs is 1. The van der Waals surface area contributed by atoms with Gasteiger partial charge in [0, 0.05) is 0 Å². The van der Waals surface area contributed by atoms with Crippen molar-refractivity contribution < 1.29 is 4.74 Å². The van der Waals surface area contributed by atoms with Crippen molar-refractivity contribution in [2.45, 2.75) is 12.8 Å². The van der Waals surface area contributed by atoms with Crippen LogP contribution in [-0.2, 0) is 12.8 Å². The van der Waals surface area contributed by atoms with Crippen LogP contribution in [0.3, 0.4) is 0 Å². The fourth-order valence-corrected chi connectivity index (χ4v) is 2.80. The van der Waals surface area contributed by atoms with Crippen LogP contribution in [0.2, 0.25) is 0 Å². The summed E-state index contributed by atoms with van der Waals surface area (Å²) in [5.74, 6) is 0.823. The quantitative estimate of drug-likeness (QED) is 0.707. The van der Waals surface area contributed by atoms with Gasteiger partial charge in [-0.1, -0.05) is 48.5 Å². The molecule has 3 aromatic rings. The van der Waals surface area contributed by atoms with Crippen LogP contribution >= 0.6 is 0 Å². The first-order chi connectivity index (χ1) is 10.8. The molecule has 0 heterocycles. The Morgan fingerprint density at radius 3 is 2.50 bits per heavy atom. The van der Waals surface area contributed by atoms with Gasteiger partial charge in [-0.15, -0.1) is 0 Å². The van der Waals surface area contributed by atoms with Gasteiger partial charge < -0.3 is 4.74 Å². The van der Waals surface area contributed by atoms with Crippen LogP contribution in [0.4, 0.5) is 0 Å². The Balaban J connectivity index is 2.13. The first kappa shape index (κ1) is 14.2. The molecule has 3 rings (SSSR count). The van der Waals surface area contributed by atoms with Gasteiger partial charge in [-0.25, -0.2) is 0 Å². The molecule has 0 unspecified atom stereocenters. The second-order valence-corrected chi connectivity index (χ2v) is 5.29. The molecule has 2 heteroatoms. The van der Waals surface area contributed by atoms with Crippen LogP contribution in [0.1, 0.15) is 16.7 Å². The van der Waals surface area contributed by atoms with E-state index in [2.05, 4.69) is 30.3 Å². The van der Waals surface area contributed by atoms with E-state index >= 15 is 0 Å². The number of ether oxygens (including phenoxy) is 1. The van der Waals surface area contributed by atoms with E-state index in [-0.39, 0.29) is 0 Å². The van der Waals surface area contributed by atoms with E-state index in [4.69, 9.17) is 4.74 Å². The second kappa shape index (κ2) is 6.32.